The number of hydrogen-bond donors (Lipinski definition) is 1. The van der Waals surface area contributed by atoms with E-state index in [0.717, 1.165) is 12.1 Å². The Balaban J connectivity index is 1.87. The van der Waals surface area contributed by atoms with Crippen molar-refractivity contribution < 1.29 is 14.3 Å². The number of fused-ring (bicyclic) bond motifs is 1. The van der Waals surface area contributed by atoms with Crippen molar-refractivity contribution in [3.05, 3.63) is 30.2 Å². The van der Waals surface area contributed by atoms with Gasteiger partial charge in [0.2, 0.25) is 5.91 Å². The summed E-state index contributed by atoms with van der Waals surface area (Å²) in [6.07, 6.45) is 2.72. The molecule has 3 rings (SSSR count). The van der Waals surface area contributed by atoms with Crippen molar-refractivity contribution in [2.45, 2.75) is 52.2 Å². The second-order valence-corrected chi connectivity index (χ2v) is 7.51. The van der Waals surface area contributed by atoms with Crippen molar-refractivity contribution in [2.24, 2.45) is 11.8 Å². The lowest BCUT2D eigenvalue weighted by molar-refractivity contribution is -0.147. The van der Waals surface area contributed by atoms with Crippen molar-refractivity contribution in [3.63, 3.8) is 0 Å². The van der Waals surface area contributed by atoms with Gasteiger partial charge in [-0.3, -0.25) is 14.0 Å². The van der Waals surface area contributed by atoms with Crippen molar-refractivity contribution >= 4 is 17.5 Å². The summed E-state index contributed by atoms with van der Waals surface area (Å²) in [5.74, 6) is 0.0260. The summed E-state index contributed by atoms with van der Waals surface area (Å²) in [6, 6.07) is 5.39. The van der Waals surface area contributed by atoms with Crippen LogP contribution >= 0.6 is 0 Å². The van der Waals surface area contributed by atoms with Crippen molar-refractivity contribution in [1.29, 1.82) is 0 Å². The maximum absolute atomic E-state index is 12.8. The normalized spacial score (nSPS) is 20.7. The number of esters is 1. The molecule has 1 amide bonds. The third-order valence-corrected chi connectivity index (χ3v) is 4.58. The smallest absolute Gasteiger partial charge is 0.307 e. The van der Waals surface area contributed by atoms with Gasteiger partial charge in [0.1, 0.15) is 5.60 Å². The summed E-state index contributed by atoms with van der Waals surface area (Å²) < 4.78 is 7.16. The predicted molar refractivity (Wildman–Crippen MR) is 91.6 cm³/mol. The van der Waals surface area contributed by atoms with Gasteiger partial charge in [0.15, 0.2) is 11.5 Å². The van der Waals surface area contributed by atoms with Crippen molar-refractivity contribution in [3.8, 4) is 0 Å². The zero-order valence-electron chi connectivity index (χ0n) is 15.0. The molecule has 7 nitrogen and oxygen atoms in total. The Kier molecular flexibility index (Phi) is 4.49. The third kappa shape index (κ3) is 3.50. The second kappa shape index (κ2) is 6.46. The van der Waals surface area contributed by atoms with E-state index in [1.54, 1.807) is 13.8 Å². The molecule has 134 valence electrons. The van der Waals surface area contributed by atoms with Gasteiger partial charge in [-0.2, -0.15) is 0 Å². The number of nitrogens with zero attached hydrogens (tertiary/aromatic N) is 3. The number of rotatable bonds is 5. The largest absolute Gasteiger partial charge is 0.459 e. The molecule has 1 fully saturated rings. The second-order valence-electron chi connectivity index (χ2n) is 7.51. The number of carbonyl (C=O) groups excluding carboxylic acids is 2. The number of hydrogen-bond acceptors (Lipinski definition) is 5. The molecule has 0 bridgehead atoms. The SMILES string of the molecule is CC(C)C[C@@H](NC(=O)[C@@H]1CC(=O)OC1(C)C)c1nnc2ccccn12. The Bertz CT molecular complexity index is 796. The van der Waals surface area contributed by atoms with Crippen LogP contribution < -0.4 is 5.32 Å². The van der Waals surface area contributed by atoms with E-state index in [1.165, 1.54) is 0 Å². The van der Waals surface area contributed by atoms with Gasteiger partial charge >= 0.3 is 5.97 Å². The lowest BCUT2D eigenvalue weighted by Crippen LogP contribution is -2.42. The zero-order chi connectivity index (χ0) is 18.2. The van der Waals surface area contributed by atoms with Crippen LogP contribution in [-0.4, -0.2) is 32.1 Å². The molecule has 0 unspecified atom stereocenters. The van der Waals surface area contributed by atoms with Crippen LogP contribution in [0.2, 0.25) is 0 Å². The minimum atomic E-state index is -0.795. The van der Waals surface area contributed by atoms with Crippen LogP contribution in [0.15, 0.2) is 24.4 Å². The first-order valence-electron chi connectivity index (χ1n) is 8.60. The molecule has 1 saturated heterocycles. The molecule has 0 aliphatic carbocycles. The number of aromatic nitrogens is 3. The van der Waals surface area contributed by atoms with Gasteiger partial charge in [-0.25, -0.2) is 0 Å². The topological polar surface area (TPSA) is 85.6 Å². The quantitative estimate of drug-likeness (QED) is 0.841. The third-order valence-electron chi connectivity index (χ3n) is 4.58. The fraction of sp³-hybridized carbons (Fsp3) is 0.556. The molecule has 1 N–H and O–H groups in total. The van der Waals surface area contributed by atoms with Gasteiger partial charge in [0.05, 0.1) is 18.4 Å². The molecular formula is C18H24N4O3. The summed E-state index contributed by atoms with van der Waals surface area (Å²) in [6.45, 7) is 7.72. The first-order chi connectivity index (χ1) is 11.8. The lowest BCUT2D eigenvalue weighted by Gasteiger charge is -2.26. The number of nitrogens with one attached hydrogen (secondary N) is 1. The molecule has 25 heavy (non-hydrogen) atoms. The highest BCUT2D eigenvalue weighted by molar-refractivity contribution is 5.87. The molecule has 3 heterocycles. The van der Waals surface area contributed by atoms with E-state index in [2.05, 4.69) is 29.4 Å². The van der Waals surface area contributed by atoms with E-state index in [-0.39, 0.29) is 24.3 Å². The molecule has 2 aromatic rings. The van der Waals surface area contributed by atoms with Crippen LogP contribution in [0.4, 0.5) is 0 Å². The van der Waals surface area contributed by atoms with E-state index in [0.29, 0.717) is 11.7 Å². The fourth-order valence-corrected chi connectivity index (χ4v) is 3.30. The summed E-state index contributed by atoms with van der Waals surface area (Å²) in [7, 11) is 0. The first-order valence-corrected chi connectivity index (χ1v) is 8.60. The van der Waals surface area contributed by atoms with Crippen molar-refractivity contribution in [1.82, 2.24) is 19.9 Å². The molecule has 0 aromatic carbocycles. The highest BCUT2D eigenvalue weighted by atomic mass is 16.6. The maximum atomic E-state index is 12.8. The average Bonchev–Trinajstić information content (AvgIpc) is 3.06. The number of cyclic esters (lactones) is 1. The van der Waals surface area contributed by atoms with Crippen LogP contribution in [0, 0.1) is 11.8 Å². The molecule has 0 spiro atoms. The Hall–Kier alpha value is -2.44. The van der Waals surface area contributed by atoms with Crippen molar-refractivity contribution in [2.75, 3.05) is 0 Å². The Morgan fingerprint density at radius 3 is 2.80 bits per heavy atom. The molecule has 0 saturated carbocycles. The summed E-state index contributed by atoms with van der Waals surface area (Å²) in [4.78, 5) is 24.4. The van der Waals surface area contributed by atoms with Gasteiger partial charge in [-0.05, 0) is 38.3 Å². The standard InChI is InChI=1S/C18H24N4O3/c1-11(2)9-13(16-21-20-14-7-5-6-8-22(14)16)19-17(24)12-10-15(23)25-18(12,3)4/h5-8,11-13H,9-10H2,1-4H3,(H,19,24)/t12-,13+/m0/s1. The van der Waals surface area contributed by atoms with Crippen LogP contribution in [0.25, 0.3) is 5.65 Å². The number of ether oxygens (including phenoxy) is 1. The minimum Gasteiger partial charge on any atom is -0.459 e. The van der Waals surface area contributed by atoms with E-state index in [9.17, 15) is 9.59 Å². The highest BCUT2D eigenvalue weighted by Gasteiger charge is 2.46. The lowest BCUT2D eigenvalue weighted by atomic mass is 9.89. The Morgan fingerprint density at radius 2 is 2.16 bits per heavy atom. The van der Waals surface area contributed by atoms with E-state index >= 15 is 0 Å². The summed E-state index contributed by atoms with van der Waals surface area (Å²) in [5, 5.41) is 11.5. The highest BCUT2D eigenvalue weighted by Crippen LogP contribution is 2.33. The Labute approximate surface area is 146 Å². The van der Waals surface area contributed by atoms with Crippen LogP contribution in [0.3, 0.4) is 0 Å². The van der Waals surface area contributed by atoms with Gasteiger partial charge in [-0.1, -0.05) is 19.9 Å². The van der Waals surface area contributed by atoms with Crippen LogP contribution in [0.5, 0.6) is 0 Å². The zero-order valence-corrected chi connectivity index (χ0v) is 15.0. The number of carbonyl (C=O) groups is 2. The molecular weight excluding hydrogens is 320 g/mol. The van der Waals surface area contributed by atoms with E-state index < -0.39 is 11.5 Å². The molecule has 1 aliphatic rings. The minimum absolute atomic E-state index is 0.105. The van der Waals surface area contributed by atoms with Gasteiger partial charge in [0.25, 0.3) is 0 Å². The van der Waals surface area contributed by atoms with Gasteiger partial charge in [0, 0.05) is 6.20 Å². The summed E-state index contributed by atoms with van der Waals surface area (Å²) >= 11 is 0. The van der Waals surface area contributed by atoms with E-state index in [1.807, 2.05) is 28.8 Å². The fourth-order valence-electron chi connectivity index (χ4n) is 3.30. The van der Waals surface area contributed by atoms with Gasteiger partial charge < -0.3 is 10.1 Å². The van der Waals surface area contributed by atoms with Gasteiger partial charge in [-0.15, -0.1) is 10.2 Å². The van der Waals surface area contributed by atoms with E-state index in [4.69, 9.17) is 4.74 Å². The summed E-state index contributed by atoms with van der Waals surface area (Å²) in [5.41, 5.74) is -0.0589. The molecule has 1 aliphatic heterocycles. The maximum Gasteiger partial charge on any atom is 0.307 e. The predicted octanol–water partition coefficient (Wildman–Crippen LogP) is 2.27. The number of amides is 1. The molecule has 2 aromatic heterocycles. The molecule has 0 radical (unpaired) electrons. The monoisotopic (exact) mass is 344 g/mol. The molecule has 2 atom stereocenters. The Morgan fingerprint density at radius 1 is 1.40 bits per heavy atom. The number of pyridine rings is 1. The van der Waals surface area contributed by atoms with Crippen LogP contribution in [-0.2, 0) is 14.3 Å². The molecule has 7 heteroatoms. The van der Waals surface area contributed by atoms with Crippen LogP contribution in [0.1, 0.15) is 52.4 Å². The first kappa shape index (κ1) is 17.4. The average molecular weight is 344 g/mol.